The predicted octanol–water partition coefficient (Wildman–Crippen LogP) is 4.47. The molecule has 3 aromatic rings. The van der Waals surface area contributed by atoms with Crippen LogP contribution >= 0.6 is 0 Å². The molecule has 0 saturated heterocycles. The van der Waals surface area contributed by atoms with Crippen LogP contribution in [0, 0.1) is 20.8 Å². The molecule has 29 heavy (non-hydrogen) atoms. The second kappa shape index (κ2) is 8.77. The van der Waals surface area contributed by atoms with Crippen molar-refractivity contribution in [3.05, 3.63) is 53.1 Å². The molecule has 152 valence electrons. The quantitative estimate of drug-likeness (QED) is 0.635. The van der Waals surface area contributed by atoms with Gasteiger partial charge < -0.3 is 14.8 Å². The summed E-state index contributed by atoms with van der Waals surface area (Å²) < 4.78 is 16.3. The standard InChI is InChI=1S/C22H25N3O4/c1-6-27-18-11-10-17(12-14(18)3)20-21(25-29-24-20)23-22(26)16(5)28-19-9-7-8-13(2)15(19)4/h7-12,16H,6H2,1-5H3,(H,23,25,26). The molecule has 0 saturated carbocycles. The zero-order valence-corrected chi connectivity index (χ0v) is 17.3. The van der Waals surface area contributed by atoms with E-state index in [0.717, 1.165) is 28.0 Å². The summed E-state index contributed by atoms with van der Waals surface area (Å²) >= 11 is 0. The van der Waals surface area contributed by atoms with Gasteiger partial charge in [0.15, 0.2) is 11.8 Å². The monoisotopic (exact) mass is 395 g/mol. The molecule has 1 unspecified atom stereocenters. The zero-order valence-electron chi connectivity index (χ0n) is 17.3. The lowest BCUT2D eigenvalue weighted by atomic mass is 10.1. The van der Waals surface area contributed by atoms with E-state index in [0.29, 0.717) is 18.1 Å². The molecule has 0 bridgehead atoms. The molecule has 0 spiro atoms. The summed E-state index contributed by atoms with van der Waals surface area (Å²) in [6.45, 7) is 10.1. The summed E-state index contributed by atoms with van der Waals surface area (Å²) in [4.78, 5) is 12.6. The Kier molecular flexibility index (Phi) is 6.16. The van der Waals surface area contributed by atoms with Gasteiger partial charge in [0.1, 0.15) is 11.5 Å². The second-order valence-electron chi connectivity index (χ2n) is 6.82. The van der Waals surface area contributed by atoms with Gasteiger partial charge in [-0.2, -0.15) is 0 Å². The largest absolute Gasteiger partial charge is 0.494 e. The number of amides is 1. The van der Waals surface area contributed by atoms with Gasteiger partial charge in [0, 0.05) is 5.56 Å². The van der Waals surface area contributed by atoms with Crippen LogP contribution in [0.1, 0.15) is 30.5 Å². The van der Waals surface area contributed by atoms with Crippen molar-refractivity contribution in [3.63, 3.8) is 0 Å². The fourth-order valence-electron chi connectivity index (χ4n) is 2.89. The molecule has 1 N–H and O–H groups in total. The number of carbonyl (C=O) groups excluding carboxylic acids is 1. The van der Waals surface area contributed by atoms with Crippen LogP contribution in [0.25, 0.3) is 11.3 Å². The molecule has 2 aromatic carbocycles. The highest BCUT2D eigenvalue weighted by Crippen LogP contribution is 2.29. The minimum atomic E-state index is -0.720. The van der Waals surface area contributed by atoms with Crippen LogP contribution in [0.5, 0.6) is 11.5 Å². The van der Waals surface area contributed by atoms with Crippen molar-refractivity contribution in [2.75, 3.05) is 11.9 Å². The van der Waals surface area contributed by atoms with Gasteiger partial charge in [-0.1, -0.05) is 12.1 Å². The van der Waals surface area contributed by atoms with Crippen molar-refractivity contribution in [1.29, 1.82) is 0 Å². The Hall–Kier alpha value is -3.35. The van der Waals surface area contributed by atoms with Crippen LogP contribution in [0.4, 0.5) is 5.82 Å². The summed E-state index contributed by atoms with van der Waals surface area (Å²) in [7, 11) is 0. The lowest BCUT2D eigenvalue weighted by Gasteiger charge is -2.16. The molecule has 0 aliphatic heterocycles. The van der Waals surface area contributed by atoms with Gasteiger partial charge in [-0.25, -0.2) is 4.63 Å². The molecular weight excluding hydrogens is 370 g/mol. The van der Waals surface area contributed by atoms with Gasteiger partial charge in [0.25, 0.3) is 5.91 Å². The molecule has 1 amide bonds. The maximum Gasteiger partial charge on any atom is 0.266 e. The van der Waals surface area contributed by atoms with Gasteiger partial charge in [-0.05, 0) is 85.9 Å². The first-order chi connectivity index (χ1) is 13.9. The summed E-state index contributed by atoms with van der Waals surface area (Å²) in [6, 6.07) is 11.4. The van der Waals surface area contributed by atoms with E-state index in [2.05, 4.69) is 15.6 Å². The van der Waals surface area contributed by atoms with E-state index < -0.39 is 6.10 Å². The maximum atomic E-state index is 12.6. The molecule has 0 aliphatic carbocycles. The van der Waals surface area contributed by atoms with Crippen molar-refractivity contribution in [1.82, 2.24) is 10.3 Å². The Morgan fingerprint density at radius 1 is 1.10 bits per heavy atom. The summed E-state index contributed by atoms with van der Waals surface area (Å²) in [6.07, 6.45) is -0.720. The number of carbonyl (C=O) groups is 1. The van der Waals surface area contributed by atoms with Gasteiger partial charge in [-0.15, -0.1) is 0 Å². The molecule has 1 heterocycles. The van der Waals surface area contributed by atoms with Crippen molar-refractivity contribution in [3.8, 4) is 22.8 Å². The Bertz CT molecular complexity index is 1010. The lowest BCUT2D eigenvalue weighted by molar-refractivity contribution is -0.122. The van der Waals surface area contributed by atoms with E-state index >= 15 is 0 Å². The van der Waals surface area contributed by atoms with Crippen LogP contribution in [0.3, 0.4) is 0 Å². The van der Waals surface area contributed by atoms with Crippen molar-refractivity contribution >= 4 is 11.7 Å². The Morgan fingerprint density at radius 2 is 1.90 bits per heavy atom. The first kappa shape index (κ1) is 20.4. The van der Waals surface area contributed by atoms with E-state index in [1.165, 1.54) is 0 Å². The van der Waals surface area contributed by atoms with Crippen LogP contribution in [-0.2, 0) is 4.79 Å². The minimum Gasteiger partial charge on any atom is -0.494 e. The highest BCUT2D eigenvalue weighted by atomic mass is 16.6. The number of benzene rings is 2. The van der Waals surface area contributed by atoms with Gasteiger partial charge >= 0.3 is 0 Å². The van der Waals surface area contributed by atoms with E-state index in [1.807, 2.05) is 64.1 Å². The van der Waals surface area contributed by atoms with Gasteiger partial charge in [-0.3, -0.25) is 4.79 Å². The van der Waals surface area contributed by atoms with E-state index in [-0.39, 0.29) is 11.7 Å². The van der Waals surface area contributed by atoms with Crippen LogP contribution in [0.2, 0.25) is 0 Å². The van der Waals surface area contributed by atoms with E-state index in [9.17, 15) is 4.79 Å². The average molecular weight is 395 g/mol. The average Bonchev–Trinajstić information content (AvgIpc) is 3.15. The number of aryl methyl sites for hydroxylation is 2. The molecule has 7 heteroatoms. The zero-order chi connectivity index (χ0) is 21.0. The highest BCUT2D eigenvalue weighted by Gasteiger charge is 2.21. The van der Waals surface area contributed by atoms with Crippen LogP contribution in [-0.4, -0.2) is 28.9 Å². The number of rotatable bonds is 7. The normalized spacial score (nSPS) is 11.8. The SMILES string of the molecule is CCOc1ccc(-c2nonc2NC(=O)C(C)Oc2cccc(C)c2C)cc1C. The number of hydrogen-bond acceptors (Lipinski definition) is 6. The first-order valence-electron chi connectivity index (χ1n) is 9.50. The Labute approximate surface area is 170 Å². The van der Waals surface area contributed by atoms with Gasteiger partial charge in [0.05, 0.1) is 6.61 Å². The molecule has 3 rings (SSSR count). The molecule has 1 atom stereocenters. The van der Waals surface area contributed by atoms with Crippen molar-refractivity contribution in [2.24, 2.45) is 0 Å². The fourth-order valence-corrected chi connectivity index (χ4v) is 2.89. The highest BCUT2D eigenvalue weighted by molar-refractivity contribution is 5.96. The van der Waals surface area contributed by atoms with Gasteiger partial charge in [0.2, 0.25) is 5.82 Å². The number of hydrogen-bond donors (Lipinski definition) is 1. The maximum absolute atomic E-state index is 12.6. The number of anilines is 1. The minimum absolute atomic E-state index is 0.245. The number of nitrogens with zero attached hydrogens (tertiary/aromatic N) is 2. The van der Waals surface area contributed by atoms with Crippen LogP contribution < -0.4 is 14.8 Å². The molecule has 0 radical (unpaired) electrons. The van der Waals surface area contributed by atoms with Crippen molar-refractivity contribution in [2.45, 2.75) is 40.7 Å². The fraction of sp³-hybridized carbons (Fsp3) is 0.318. The molecule has 0 fully saturated rings. The Balaban J connectivity index is 1.74. The smallest absolute Gasteiger partial charge is 0.266 e. The summed E-state index contributed by atoms with van der Waals surface area (Å²) in [5, 5.41) is 10.5. The predicted molar refractivity (Wildman–Crippen MR) is 110 cm³/mol. The van der Waals surface area contributed by atoms with E-state index in [1.54, 1.807) is 6.92 Å². The summed E-state index contributed by atoms with van der Waals surface area (Å²) in [5.41, 5.74) is 4.27. The molecule has 0 aliphatic rings. The second-order valence-corrected chi connectivity index (χ2v) is 6.82. The third-order valence-corrected chi connectivity index (χ3v) is 4.71. The molecule has 7 nitrogen and oxygen atoms in total. The number of aromatic nitrogens is 2. The lowest BCUT2D eigenvalue weighted by Crippen LogP contribution is -2.30. The summed E-state index contributed by atoms with van der Waals surface area (Å²) in [5.74, 6) is 1.38. The van der Waals surface area contributed by atoms with Crippen LogP contribution in [0.15, 0.2) is 41.0 Å². The Morgan fingerprint density at radius 3 is 2.62 bits per heavy atom. The topological polar surface area (TPSA) is 86.5 Å². The van der Waals surface area contributed by atoms with Crippen molar-refractivity contribution < 1.29 is 18.9 Å². The third kappa shape index (κ3) is 4.56. The molecule has 1 aromatic heterocycles. The van der Waals surface area contributed by atoms with E-state index in [4.69, 9.17) is 14.1 Å². The first-order valence-corrected chi connectivity index (χ1v) is 9.50. The number of nitrogens with one attached hydrogen (secondary N) is 1. The third-order valence-electron chi connectivity index (χ3n) is 4.71. The molecular formula is C22H25N3O4. The number of ether oxygens (including phenoxy) is 2.